The van der Waals surface area contributed by atoms with E-state index in [0.29, 0.717) is 11.1 Å². The summed E-state index contributed by atoms with van der Waals surface area (Å²) in [5.41, 5.74) is 3.64. The van der Waals surface area contributed by atoms with Gasteiger partial charge in [0.25, 0.3) is 10.1 Å². The van der Waals surface area contributed by atoms with Crippen molar-refractivity contribution < 1.29 is 17.3 Å². The monoisotopic (exact) mass is 386 g/mol. The highest BCUT2D eigenvalue weighted by atomic mass is 32.2. The standard InChI is InChI=1S/C22H26O4S/c1-16-12-17(2)22(18(3)13-16)27(23,24)25-15-21-11-7-10-20(26-21)14-19-8-5-4-6-9-19/h4-9,11-13,20-21H,10,14-15H2,1-3H3/t20-,21+/m1/s1. The van der Waals surface area contributed by atoms with Crippen LogP contribution in [0.3, 0.4) is 0 Å². The minimum atomic E-state index is -3.83. The molecule has 4 nitrogen and oxygen atoms in total. The van der Waals surface area contributed by atoms with Crippen molar-refractivity contribution in [3.8, 4) is 0 Å². The number of benzene rings is 2. The lowest BCUT2D eigenvalue weighted by Crippen LogP contribution is -2.30. The third-order valence-electron chi connectivity index (χ3n) is 4.67. The summed E-state index contributed by atoms with van der Waals surface area (Å²) in [6, 6.07) is 13.9. The maximum atomic E-state index is 12.7. The fourth-order valence-electron chi connectivity index (χ4n) is 3.61. The van der Waals surface area contributed by atoms with Crippen molar-refractivity contribution in [2.45, 2.75) is 50.7 Å². The van der Waals surface area contributed by atoms with Crippen molar-refractivity contribution in [3.05, 3.63) is 76.9 Å². The molecule has 27 heavy (non-hydrogen) atoms. The second-order valence-electron chi connectivity index (χ2n) is 7.12. The SMILES string of the molecule is Cc1cc(C)c(S(=O)(=O)OC[C@@H]2C=CC[C@H](Cc3ccccc3)O2)c(C)c1. The van der Waals surface area contributed by atoms with Gasteiger partial charge in [0.2, 0.25) is 0 Å². The molecule has 0 spiro atoms. The summed E-state index contributed by atoms with van der Waals surface area (Å²) in [4.78, 5) is 0.258. The van der Waals surface area contributed by atoms with Gasteiger partial charge in [0, 0.05) is 0 Å². The summed E-state index contributed by atoms with van der Waals surface area (Å²) in [7, 11) is -3.83. The minimum Gasteiger partial charge on any atom is -0.368 e. The van der Waals surface area contributed by atoms with Gasteiger partial charge in [-0.25, -0.2) is 0 Å². The second kappa shape index (κ2) is 8.38. The van der Waals surface area contributed by atoms with Crippen LogP contribution in [-0.4, -0.2) is 27.2 Å². The Hall–Kier alpha value is -1.95. The van der Waals surface area contributed by atoms with E-state index in [-0.39, 0.29) is 23.7 Å². The van der Waals surface area contributed by atoms with Crippen LogP contribution < -0.4 is 0 Å². The Morgan fingerprint density at radius 2 is 1.74 bits per heavy atom. The third-order valence-corrected chi connectivity index (χ3v) is 6.26. The Morgan fingerprint density at radius 1 is 1.07 bits per heavy atom. The van der Waals surface area contributed by atoms with Crippen LogP contribution in [0.25, 0.3) is 0 Å². The molecule has 5 heteroatoms. The van der Waals surface area contributed by atoms with Crippen molar-refractivity contribution >= 4 is 10.1 Å². The van der Waals surface area contributed by atoms with E-state index >= 15 is 0 Å². The fourth-order valence-corrected chi connectivity index (χ4v) is 4.95. The van der Waals surface area contributed by atoms with E-state index in [2.05, 4.69) is 12.1 Å². The zero-order valence-electron chi connectivity index (χ0n) is 16.0. The first-order chi connectivity index (χ1) is 12.8. The molecule has 0 amide bonds. The van der Waals surface area contributed by atoms with Gasteiger partial charge in [-0.05, 0) is 50.3 Å². The summed E-state index contributed by atoms with van der Waals surface area (Å²) in [5, 5.41) is 0. The Bertz CT molecular complexity index is 894. The van der Waals surface area contributed by atoms with Gasteiger partial charge in [0.15, 0.2) is 0 Å². The molecule has 0 unspecified atom stereocenters. The summed E-state index contributed by atoms with van der Waals surface area (Å²) >= 11 is 0. The first-order valence-electron chi connectivity index (χ1n) is 9.18. The molecule has 0 saturated carbocycles. The van der Waals surface area contributed by atoms with E-state index in [1.165, 1.54) is 5.56 Å². The molecule has 0 aliphatic carbocycles. The molecule has 2 atom stereocenters. The number of ether oxygens (including phenoxy) is 1. The lowest BCUT2D eigenvalue weighted by Gasteiger charge is -2.26. The zero-order valence-corrected chi connectivity index (χ0v) is 16.8. The average Bonchev–Trinajstić information content (AvgIpc) is 2.60. The highest BCUT2D eigenvalue weighted by molar-refractivity contribution is 7.86. The number of hydrogen-bond donors (Lipinski definition) is 0. The van der Waals surface area contributed by atoms with E-state index in [4.69, 9.17) is 8.92 Å². The summed E-state index contributed by atoms with van der Waals surface area (Å²) in [6.45, 7) is 5.52. The quantitative estimate of drug-likeness (QED) is 0.549. The Morgan fingerprint density at radius 3 is 2.41 bits per heavy atom. The average molecular weight is 387 g/mol. The molecule has 1 aliphatic rings. The molecule has 0 N–H and O–H groups in total. The summed E-state index contributed by atoms with van der Waals surface area (Å²) < 4.78 is 36.8. The molecule has 0 fully saturated rings. The Kier molecular flexibility index (Phi) is 6.15. The van der Waals surface area contributed by atoms with Crippen LogP contribution in [0.5, 0.6) is 0 Å². The van der Waals surface area contributed by atoms with Gasteiger partial charge < -0.3 is 4.74 Å². The summed E-state index contributed by atoms with van der Waals surface area (Å²) in [5.74, 6) is 0. The number of hydrogen-bond acceptors (Lipinski definition) is 4. The second-order valence-corrected chi connectivity index (χ2v) is 8.67. The van der Waals surface area contributed by atoms with Crippen molar-refractivity contribution in [1.29, 1.82) is 0 Å². The van der Waals surface area contributed by atoms with Crippen molar-refractivity contribution in [2.24, 2.45) is 0 Å². The van der Waals surface area contributed by atoms with Crippen LogP contribution in [0.4, 0.5) is 0 Å². The van der Waals surface area contributed by atoms with Crippen LogP contribution in [0, 0.1) is 20.8 Å². The predicted molar refractivity (Wildman–Crippen MR) is 106 cm³/mol. The first kappa shape index (κ1) is 19.8. The predicted octanol–water partition coefficient (Wildman–Crippen LogP) is 4.27. The molecule has 2 aromatic rings. The van der Waals surface area contributed by atoms with E-state index in [1.54, 1.807) is 13.8 Å². The van der Waals surface area contributed by atoms with Crippen LogP contribution >= 0.6 is 0 Å². The normalized spacial score (nSPS) is 20.0. The van der Waals surface area contributed by atoms with E-state index in [1.807, 2.05) is 49.4 Å². The largest absolute Gasteiger partial charge is 0.368 e. The zero-order chi connectivity index (χ0) is 19.4. The van der Waals surface area contributed by atoms with Crippen LogP contribution in [0.2, 0.25) is 0 Å². The molecular weight excluding hydrogens is 360 g/mol. The third kappa shape index (κ3) is 5.06. The van der Waals surface area contributed by atoms with Gasteiger partial charge in [0.1, 0.15) is 6.10 Å². The molecular formula is C22H26O4S. The lowest BCUT2D eigenvalue weighted by molar-refractivity contribution is -0.0136. The highest BCUT2D eigenvalue weighted by Gasteiger charge is 2.25. The molecule has 2 aromatic carbocycles. The Labute approximate surface area is 162 Å². The van der Waals surface area contributed by atoms with Gasteiger partial charge in [-0.3, -0.25) is 4.18 Å². The van der Waals surface area contributed by atoms with Crippen molar-refractivity contribution in [1.82, 2.24) is 0 Å². The van der Waals surface area contributed by atoms with Gasteiger partial charge in [-0.1, -0.05) is 60.2 Å². The topological polar surface area (TPSA) is 52.6 Å². The smallest absolute Gasteiger partial charge is 0.297 e. The molecule has 1 aliphatic heterocycles. The van der Waals surface area contributed by atoms with Gasteiger partial charge in [-0.15, -0.1) is 0 Å². The van der Waals surface area contributed by atoms with Crippen LogP contribution in [0.15, 0.2) is 59.5 Å². The lowest BCUT2D eigenvalue weighted by atomic mass is 10.0. The highest BCUT2D eigenvalue weighted by Crippen LogP contribution is 2.25. The summed E-state index contributed by atoms with van der Waals surface area (Å²) in [6.07, 6.45) is 5.19. The van der Waals surface area contributed by atoms with Crippen molar-refractivity contribution in [3.63, 3.8) is 0 Å². The van der Waals surface area contributed by atoms with Gasteiger partial charge >= 0.3 is 0 Å². The maximum Gasteiger partial charge on any atom is 0.297 e. The van der Waals surface area contributed by atoms with Gasteiger partial charge in [-0.2, -0.15) is 8.42 Å². The molecule has 0 radical (unpaired) electrons. The van der Waals surface area contributed by atoms with E-state index in [9.17, 15) is 8.42 Å². The van der Waals surface area contributed by atoms with Crippen LogP contribution in [0.1, 0.15) is 28.7 Å². The molecule has 1 heterocycles. The molecule has 0 bridgehead atoms. The molecule has 144 valence electrons. The van der Waals surface area contributed by atoms with Gasteiger partial charge in [0.05, 0.1) is 17.6 Å². The minimum absolute atomic E-state index is 0.0170. The van der Waals surface area contributed by atoms with Crippen LogP contribution in [-0.2, 0) is 25.5 Å². The molecule has 0 aromatic heterocycles. The maximum absolute atomic E-state index is 12.7. The van der Waals surface area contributed by atoms with Crippen molar-refractivity contribution in [2.75, 3.05) is 6.61 Å². The number of rotatable bonds is 6. The van der Waals surface area contributed by atoms with E-state index < -0.39 is 10.1 Å². The Balaban J connectivity index is 1.64. The van der Waals surface area contributed by atoms with E-state index in [0.717, 1.165) is 18.4 Å². The molecule has 3 rings (SSSR count). The fraction of sp³-hybridized carbons (Fsp3) is 0.364. The first-order valence-corrected chi connectivity index (χ1v) is 10.6. The molecule has 0 saturated heterocycles. The number of aryl methyl sites for hydroxylation is 3.